The quantitative estimate of drug-likeness (QED) is 0.672. The second-order valence-corrected chi connectivity index (χ2v) is 6.40. The summed E-state index contributed by atoms with van der Waals surface area (Å²) in [6.07, 6.45) is 13.3. The number of methoxy groups -OCH3 is 1. The average Bonchev–Trinajstić information content (AvgIpc) is 3.11. The van der Waals surface area contributed by atoms with Crippen LogP contribution in [-0.4, -0.2) is 48.5 Å². The second-order valence-electron chi connectivity index (χ2n) is 5.36. The van der Waals surface area contributed by atoms with Gasteiger partial charge < -0.3 is 4.74 Å². The third-order valence-electron chi connectivity index (χ3n) is 4.00. The Morgan fingerprint density at radius 3 is 3.05 bits per heavy atom. The molecule has 2 aliphatic rings. The molecular formula is C16H26N2OS. The number of allylic oxidation sites excluding steroid dienone is 4. The maximum Gasteiger partial charge on any atom is 0.0770 e. The molecule has 1 fully saturated rings. The molecular weight excluding hydrogens is 268 g/mol. The molecule has 3 nitrogen and oxygen atoms in total. The molecule has 0 N–H and O–H groups in total. The van der Waals surface area contributed by atoms with Crippen LogP contribution in [0.2, 0.25) is 0 Å². The zero-order chi connectivity index (χ0) is 14.4. The van der Waals surface area contributed by atoms with E-state index in [2.05, 4.69) is 36.4 Å². The Bertz CT molecular complexity index is 399. The monoisotopic (exact) mass is 294 g/mol. The normalized spacial score (nSPS) is 24.4. The van der Waals surface area contributed by atoms with Crippen LogP contribution in [0.1, 0.15) is 32.6 Å². The van der Waals surface area contributed by atoms with E-state index in [1.807, 2.05) is 11.8 Å². The van der Waals surface area contributed by atoms with Gasteiger partial charge in [0.05, 0.1) is 18.4 Å². The fourth-order valence-electron chi connectivity index (χ4n) is 2.90. The van der Waals surface area contributed by atoms with E-state index in [9.17, 15) is 0 Å². The van der Waals surface area contributed by atoms with Gasteiger partial charge in [0.2, 0.25) is 0 Å². The van der Waals surface area contributed by atoms with Crippen molar-refractivity contribution in [3.63, 3.8) is 0 Å². The summed E-state index contributed by atoms with van der Waals surface area (Å²) >= 11 is 1.91. The Labute approximate surface area is 127 Å². The molecule has 1 saturated heterocycles. The molecule has 0 aromatic heterocycles. The molecule has 2 atom stereocenters. The van der Waals surface area contributed by atoms with Crippen LogP contribution in [0.3, 0.4) is 0 Å². The predicted octanol–water partition coefficient (Wildman–Crippen LogP) is 3.48. The minimum Gasteiger partial charge on any atom is -0.382 e. The molecule has 20 heavy (non-hydrogen) atoms. The number of hydrogen-bond donors (Lipinski definition) is 0. The van der Waals surface area contributed by atoms with Crippen LogP contribution in [0.5, 0.6) is 0 Å². The van der Waals surface area contributed by atoms with Crippen molar-refractivity contribution in [2.45, 2.75) is 43.9 Å². The minimum atomic E-state index is 0.448. The molecule has 0 amide bonds. The molecule has 1 aliphatic carbocycles. The van der Waals surface area contributed by atoms with Crippen molar-refractivity contribution in [3.8, 4) is 0 Å². The molecule has 0 aromatic rings. The summed E-state index contributed by atoms with van der Waals surface area (Å²) in [5.74, 6) is 0. The maximum atomic E-state index is 5.33. The fraction of sp³-hybridized carbons (Fsp3) is 0.688. The lowest BCUT2D eigenvalue weighted by Gasteiger charge is -2.25. The summed E-state index contributed by atoms with van der Waals surface area (Å²) in [6.45, 7) is 4.09. The summed E-state index contributed by atoms with van der Waals surface area (Å²) in [5, 5.41) is 7.79. The van der Waals surface area contributed by atoms with Gasteiger partial charge in [0.15, 0.2) is 0 Å². The molecule has 112 valence electrons. The lowest BCUT2D eigenvalue weighted by Crippen LogP contribution is -2.32. The Balaban J connectivity index is 2.18. The van der Waals surface area contributed by atoms with E-state index < -0.39 is 0 Å². The van der Waals surface area contributed by atoms with E-state index in [4.69, 9.17) is 9.84 Å². The van der Waals surface area contributed by atoms with E-state index in [1.54, 1.807) is 7.11 Å². The number of hydrogen-bond acceptors (Lipinski definition) is 4. The van der Waals surface area contributed by atoms with Gasteiger partial charge in [-0.15, -0.1) is 0 Å². The standard InChI is InChI=1S/C16H26N2OS/c1-4-15(20-3)16(13-8-5-6-9-13)17-18-11-7-10-14(18)12-19-2/h5-6,8,14-15H,4,7,9-12H2,1-3H3/b17-16+. The van der Waals surface area contributed by atoms with Crippen molar-refractivity contribution in [3.05, 3.63) is 23.8 Å². The number of thioether (sulfide) groups is 1. The summed E-state index contributed by atoms with van der Waals surface area (Å²) < 4.78 is 5.33. The maximum absolute atomic E-state index is 5.33. The van der Waals surface area contributed by atoms with Crippen molar-refractivity contribution >= 4 is 17.5 Å². The van der Waals surface area contributed by atoms with Crippen LogP contribution in [0.25, 0.3) is 0 Å². The van der Waals surface area contributed by atoms with E-state index in [1.165, 1.54) is 24.1 Å². The molecule has 1 heterocycles. The molecule has 0 radical (unpaired) electrons. The highest BCUT2D eigenvalue weighted by molar-refractivity contribution is 8.00. The molecule has 0 spiro atoms. The van der Waals surface area contributed by atoms with Gasteiger partial charge in [0, 0.05) is 18.9 Å². The van der Waals surface area contributed by atoms with E-state index >= 15 is 0 Å². The SMILES string of the molecule is CCC(SC)/C(=N/N1CCCC1COC)C1=CC=CC1. The van der Waals surface area contributed by atoms with Crippen molar-refractivity contribution in [1.82, 2.24) is 5.01 Å². The second kappa shape index (κ2) is 7.89. The van der Waals surface area contributed by atoms with Gasteiger partial charge in [0.25, 0.3) is 0 Å². The first-order valence-corrected chi connectivity index (χ1v) is 8.81. The minimum absolute atomic E-state index is 0.448. The Kier molecular flexibility index (Phi) is 6.17. The Hall–Kier alpha value is -0.740. The van der Waals surface area contributed by atoms with Gasteiger partial charge in [-0.05, 0) is 37.5 Å². The molecule has 2 rings (SSSR count). The van der Waals surface area contributed by atoms with Crippen LogP contribution >= 0.6 is 11.8 Å². The van der Waals surface area contributed by atoms with Crippen LogP contribution in [-0.2, 0) is 4.74 Å². The smallest absolute Gasteiger partial charge is 0.0770 e. The van der Waals surface area contributed by atoms with Crippen molar-refractivity contribution in [1.29, 1.82) is 0 Å². The number of rotatable bonds is 7. The fourth-order valence-corrected chi connectivity index (χ4v) is 3.65. The van der Waals surface area contributed by atoms with Gasteiger partial charge in [-0.2, -0.15) is 16.9 Å². The van der Waals surface area contributed by atoms with Crippen LogP contribution in [0, 0.1) is 0 Å². The lowest BCUT2D eigenvalue weighted by molar-refractivity contribution is 0.118. The largest absolute Gasteiger partial charge is 0.382 e. The molecule has 4 heteroatoms. The van der Waals surface area contributed by atoms with Crippen molar-refractivity contribution < 1.29 is 4.74 Å². The molecule has 0 saturated carbocycles. The third kappa shape index (κ3) is 3.67. The lowest BCUT2D eigenvalue weighted by atomic mass is 10.1. The Morgan fingerprint density at radius 1 is 1.60 bits per heavy atom. The highest BCUT2D eigenvalue weighted by atomic mass is 32.2. The number of nitrogens with zero attached hydrogens (tertiary/aromatic N) is 2. The molecule has 0 aromatic carbocycles. The summed E-state index contributed by atoms with van der Waals surface area (Å²) in [6, 6.07) is 0.448. The van der Waals surface area contributed by atoms with Gasteiger partial charge in [-0.3, -0.25) is 5.01 Å². The van der Waals surface area contributed by atoms with Gasteiger partial charge in [0.1, 0.15) is 0 Å². The van der Waals surface area contributed by atoms with E-state index in [0.29, 0.717) is 11.3 Å². The van der Waals surface area contributed by atoms with Crippen LogP contribution < -0.4 is 0 Å². The number of hydrazone groups is 1. The average molecular weight is 294 g/mol. The van der Waals surface area contributed by atoms with E-state index in [-0.39, 0.29) is 0 Å². The van der Waals surface area contributed by atoms with Crippen molar-refractivity contribution in [2.75, 3.05) is 26.5 Å². The Morgan fingerprint density at radius 2 is 2.45 bits per heavy atom. The highest BCUT2D eigenvalue weighted by Crippen LogP contribution is 2.25. The van der Waals surface area contributed by atoms with Crippen molar-refractivity contribution in [2.24, 2.45) is 5.10 Å². The first-order chi connectivity index (χ1) is 9.80. The first-order valence-electron chi connectivity index (χ1n) is 7.53. The zero-order valence-corrected chi connectivity index (χ0v) is 13.7. The molecule has 0 bridgehead atoms. The van der Waals surface area contributed by atoms with Crippen LogP contribution in [0.4, 0.5) is 0 Å². The van der Waals surface area contributed by atoms with Crippen LogP contribution in [0.15, 0.2) is 28.9 Å². The van der Waals surface area contributed by atoms with Gasteiger partial charge in [-0.1, -0.05) is 25.2 Å². The number of ether oxygens (including phenoxy) is 1. The molecule has 2 unspecified atom stereocenters. The van der Waals surface area contributed by atoms with Gasteiger partial charge >= 0.3 is 0 Å². The highest BCUT2D eigenvalue weighted by Gasteiger charge is 2.26. The zero-order valence-electron chi connectivity index (χ0n) is 12.8. The first kappa shape index (κ1) is 15.6. The predicted molar refractivity (Wildman–Crippen MR) is 88.5 cm³/mol. The summed E-state index contributed by atoms with van der Waals surface area (Å²) in [4.78, 5) is 0. The summed E-state index contributed by atoms with van der Waals surface area (Å²) in [5.41, 5.74) is 2.65. The van der Waals surface area contributed by atoms with E-state index in [0.717, 1.165) is 26.0 Å². The topological polar surface area (TPSA) is 24.8 Å². The summed E-state index contributed by atoms with van der Waals surface area (Å²) in [7, 11) is 1.78. The molecule has 1 aliphatic heterocycles. The van der Waals surface area contributed by atoms with Gasteiger partial charge in [-0.25, -0.2) is 0 Å². The third-order valence-corrected chi connectivity index (χ3v) is 5.13.